The quantitative estimate of drug-likeness (QED) is 0.907. The maximum atomic E-state index is 13.2. The van der Waals surface area contributed by atoms with E-state index in [1.165, 1.54) is 24.3 Å². The number of benzene rings is 2. The van der Waals surface area contributed by atoms with Gasteiger partial charge in [0.15, 0.2) is 0 Å². The molecule has 0 unspecified atom stereocenters. The summed E-state index contributed by atoms with van der Waals surface area (Å²) < 4.78 is 13.2. The van der Waals surface area contributed by atoms with Gasteiger partial charge in [-0.05, 0) is 35.9 Å². The standard InChI is InChI=1S/C14H11ClFNO2/c15-12-6-3-10(7-13(12)16)14(19)17-8-9-1-4-11(18)5-2-9/h1-7,18H,8H2,(H,17,19). The van der Waals surface area contributed by atoms with Crippen LogP contribution in [0.1, 0.15) is 15.9 Å². The Morgan fingerprint density at radius 2 is 1.89 bits per heavy atom. The zero-order chi connectivity index (χ0) is 13.8. The van der Waals surface area contributed by atoms with Crippen molar-refractivity contribution in [1.29, 1.82) is 0 Å². The first-order chi connectivity index (χ1) is 9.06. The molecule has 1 amide bonds. The van der Waals surface area contributed by atoms with Gasteiger partial charge in [-0.2, -0.15) is 0 Å². The number of rotatable bonds is 3. The van der Waals surface area contributed by atoms with Crippen LogP contribution >= 0.6 is 11.6 Å². The zero-order valence-electron chi connectivity index (χ0n) is 9.86. The molecule has 2 aromatic rings. The SMILES string of the molecule is O=C(NCc1ccc(O)cc1)c1ccc(Cl)c(F)c1. The molecule has 2 N–H and O–H groups in total. The molecule has 0 aliphatic heterocycles. The molecule has 3 nitrogen and oxygen atoms in total. The van der Waals surface area contributed by atoms with Crippen molar-refractivity contribution >= 4 is 17.5 Å². The fourth-order valence-corrected chi connectivity index (χ4v) is 1.65. The number of phenolic OH excluding ortho intramolecular Hbond substituents is 1. The van der Waals surface area contributed by atoms with Gasteiger partial charge in [0.2, 0.25) is 0 Å². The minimum absolute atomic E-state index is 0.0184. The topological polar surface area (TPSA) is 49.3 Å². The molecular weight excluding hydrogens is 269 g/mol. The number of nitrogens with one attached hydrogen (secondary N) is 1. The van der Waals surface area contributed by atoms with Crippen molar-refractivity contribution < 1.29 is 14.3 Å². The molecule has 0 spiro atoms. The second-order valence-corrected chi connectivity index (χ2v) is 4.39. The van der Waals surface area contributed by atoms with Gasteiger partial charge in [-0.1, -0.05) is 23.7 Å². The summed E-state index contributed by atoms with van der Waals surface area (Å²) in [6.45, 7) is 0.295. The molecule has 0 aliphatic carbocycles. The number of hydrogen-bond donors (Lipinski definition) is 2. The van der Waals surface area contributed by atoms with Crippen molar-refractivity contribution in [2.75, 3.05) is 0 Å². The molecule has 2 rings (SSSR count). The van der Waals surface area contributed by atoms with Gasteiger partial charge in [-0.3, -0.25) is 4.79 Å². The van der Waals surface area contributed by atoms with Crippen molar-refractivity contribution in [3.05, 3.63) is 64.4 Å². The van der Waals surface area contributed by atoms with Crippen LogP contribution in [-0.2, 0) is 6.54 Å². The van der Waals surface area contributed by atoms with Crippen LogP contribution < -0.4 is 5.32 Å². The molecule has 0 saturated heterocycles. The minimum atomic E-state index is -0.626. The maximum Gasteiger partial charge on any atom is 0.251 e. The molecule has 98 valence electrons. The highest BCUT2D eigenvalue weighted by Gasteiger charge is 2.08. The number of hydrogen-bond acceptors (Lipinski definition) is 2. The van der Waals surface area contributed by atoms with E-state index in [2.05, 4.69) is 5.32 Å². The molecule has 0 bridgehead atoms. The van der Waals surface area contributed by atoms with E-state index in [0.29, 0.717) is 6.54 Å². The highest BCUT2D eigenvalue weighted by atomic mass is 35.5. The van der Waals surface area contributed by atoms with Crippen molar-refractivity contribution in [2.24, 2.45) is 0 Å². The van der Waals surface area contributed by atoms with E-state index in [4.69, 9.17) is 16.7 Å². The number of halogens is 2. The molecule has 0 radical (unpaired) electrons. The molecule has 0 aliphatic rings. The highest BCUT2D eigenvalue weighted by Crippen LogP contribution is 2.15. The van der Waals surface area contributed by atoms with Gasteiger partial charge in [-0.15, -0.1) is 0 Å². The van der Waals surface area contributed by atoms with Gasteiger partial charge in [0.25, 0.3) is 5.91 Å². The molecule has 2 aromatic carbocycles. The Hall–Kier alpha value is -2.07. The summed E-state index contributed by atoms with van der Waals surface area (Å²) >= 11 is 5.54. The van der Waals surface area contributed by atoms with Crippen LogP contribution in [0, 0.1) is 5.82 Å². The zero-order valence-corrected chi connectivity index (χ0v) is 10.6. The molecule has 19 heavy (non-hydrogen) atoms. The van der Waals surface area contributed by atoms with E-state index < -0.39 is 5.82 Å². The van der Waals surface area contributed by atoms with Crippen LogP contribution in [-0.4, -0.2) is 11.0 Å². The van der Waals surface area contributed by atoms with Gasteiger partial charge in [0.05, 0.1) is 5.02 Å². The molecule has 0 saturated carbocycles. The molecule has 0 aromatic heterocycles. The van der Waals surface area contributed by atoms with Gasteiger partial charge in [0.1, 0.15) is 11.6 Å². The second-order valence-electron chi connectivity index (χ2n) is 3.98. The molecule has 0 fully saturated rings. The average Bonchev–Trinajstić information content (AvgIpc) is 2.41. The van der Waals surface area contributed by atoms with E-state index >= 15 is 0 Å². The lowest BCUT2D eigenvalue weighted by Gasteiger charge is -2.06. The van der Waals surface area contributed by atoms with Crippen molar-refractivity contribution in [3.8, 4) is 5.75 Å². The predicted octanol–water partition coefficient (Wildman–Crippen LogP) is 3.11. The third kappa shape index (κ3) is 3.45. The van der Waals surface area contributed by atoms with Crippen LogP contribution in [0.25, 0.3) is 0 Å². The van der Waals surface area contributed by atoms with Crippen molar-refractivity contribution in [2.45, 2.75) is 6.54 Å². The van der Waals surface area contributed by atoms with Crippen molar-refractivity contribution in [1.82, 2.24) is 5.32 Å². The number of amides is 1. The Balaban J connectivity index is 2.01. The summed E-state index contributed by atoms with van der Waals surface area (Å²) in [5.74, 6) is -0.850. The van der Waals surface area contributed by atoms with E-state index in [1.54, 1.807) is 12.1 Å². The summed E-state index contributed by atoms with van der Waals surface area (Å²) in [6.07, 6.45) is 0. The number of aromatic hydroxyl groups is 1. The van der Waals surface area contributed by atoms with Gasteiger partial charge >= 0.3 is 0 Å². The first-order valence-corrected chi connectivity index (χ1v) is 5.95. The Labute approximate surface area is 114 Å². The Kier molecular flexibility index (Phi) is 4.02. The third-order valence-electron chi connectivity index (χ3n) is 2.57. The Bertz CT molecular complexity index is 599. The van der Waals surface area contributed by atoms with Crippen LogP contribution in [0.4, 0.5) is 4.39 Å². The number of carbonyl (C=O) groups is 1. The summed E-state index contributed by atoms with van der Waals surface area (Å²) in [7, 11) is 0. The van der Waals surface area contributed by atoms with Crippen LogP contribution in [0.5, 0.6) is 5.75 Å². The lowest BCUT2D eigenvalue weighted by Crippen LogP contribution is -2.22. The van der Waals surface area contributed by atoms with Crippen LogP contribution in [0.15, 0.2) is 42.5 Å². The van der Waals surface area contributed by atoms with E-state index in [0.717, 1.165) is 11.6 Å². The Morgan fingerprint density at radius 1 is 1.21 bits per heavy atom. The lowest BCUT2D eigenvalue weighted by molar-refractivity contribution is 0.0950. The van der Waals surface area contributed by atoms with E-state index in [9.17, 15) is 9.18 Å². The fraction of sp³-hybridized carbons (Fsp3) is 0.0714. The van der Waals surface area contributed by atoms with Crippen LogP contribution in [0.3, 0.4) is 0 Å². The number of phenols is 1. The molecule has 0 heterocycles. The van der Waals surface area contributed by atoms with E-state index in [-0.39, 0.29) is 22.2 Å². The first kappa shape index (κ1) is 13.4. The molecule has 5 heteroatoms. The van der Waals surface area contributed by atoms with E-state index in [1.807, 2.05) is 0 Å². The van der Waals surface area contributed by atoms with Gasteiger partial charge < -0.3 is 10.4 Å². The minimum Gasteiger partial charge on any atom is -0.508 e. The van der Waals surface area contributed by atoms with Gasteiger partial charge in [-0.25, -0.2) is 4.39 Å². The van der Waals surface area contributed by atoms with Crippen LogP contribution in [0.2, 0.25) is 5.02 Å². The second kappa shape index (κ2) is 5.71. The van der Waals surface area contributed by atoms with Crippen molar-refractivity contribution in [3.63, 3.8) is 0 Å². The third-order valence-corrected chi connectivity index (χ3v) is 2.88. The summed E-state index contributed by atoms with van der Waals surface area (Å²) in [5.41, 5.74) is 1.04. The predicted molar refractivity (Wildman–Crippen MR) is 70.7 cm³/mol. The highest BCUT2D eigenvalue weighted by molar-refractivity contribution is 6.30. The average molecular weight is 280 g/mol. The lowest BCUT2D eigenvalue weighted by atomic mass is 10.2. The summed E-state index contributed by atoms with van der Waals surface area (Å²) in [6, 6.07) is 10.3. The first-order valence-electron chi connectivity index (χ1n) is 5.57. The fourth-order valence-electron chi connectivity index (χ4n) is 1.54. The normalized spacial score (nSPS) is 10.2. The maximum absolute atomic E-state index is 13.2. The smallest absolute Gasteiger partial charge is 0.251 e. The molecular formula is C14H11ClFNO2. The Morgan fingerprint density at radius 3 is 2.53 bits per heavy atom. The summed E-state index contributed by atoms with van der Waals surface area (Å²) in [4.78, 5) is 11.8. The molecule has 0 atom stereocenters. The summed E-state index contributed by atoms with van der Waals surface area (Å²) in [5, 5.41) is 11.8. The largest absolute Gasteiger partial charge is 0.508 e. The number of carbonyl (C=O) groups excluding carboxylic acids is 1. The monoisotopic (exact) mass is 279 g/mol. The van der Waals surface area contributed by atoms with Gasteiger partial charge in [0, 0.05) is 12.1 Å².